The fraction of sp³-hybridized carbons (Fsp3) is 0.379. The largest absolute Gasteiger partial charge is 0.492 e. The van der Waals surface area contributed by atoms with Crippen molar-refractivity contribution >= 4 is 46.3 Å². The maximum atomic E-state index is 15.3. The molecule has 1 saturated heterocycles. The third-order valence-corrected chi connectivity index (χ3v) is 8.71. The van der Waals surface area contributed by atoms with Gasteiger partial charge in [-0.3, -0.25) is 14.9 Å². The van der Waals surface area contributed by atoms with Gasteiger partial charge >= 0.3 is 0 Å². The molecule has 1 unspecified atom stereocenters. The summed E-state index contributed by atoms with van der Waals surface area (Å²) in [6.45, 7) is 2.37. The Kier molecular flexibility index (Phi) is 5.88. The Morgan fingerprint density at radius 2 is 1.81 bits per heavy atom. The van der Waals surface area contributed by atoms with Crippen LogP contribution in [-0.4, -0.2) is 36.1 Å². The third-order valence-electron chi connectivity index (χ3n) is 8.71. The Balaban J connectivity index is 0.00000252. The average Bonchev–Trinajstić information content (AvgIpc) is 3.66. The van der Waals surface area contributed by atoms with Crippen LogP contribution in [0.4, 0.5) is 4.39 Å². The molecule has 2 fully saturated rings. The molecule has 8 heteroatoms. The molecule has 1 aromatic heterocycles. The Morgan fingerprint density at radius 1 is 1.03 bits per heavy atom. The van der Waals surface area contributed by atoms with Crippen LogP contribution in [0, 0.1) is 11.2 Å². The first kappa shape index (κ1) is 24.2. The van der Waals surface area contributed by atoms with E-state index in [0.717, 1.165) is 36.0 Å². The first-order valence-electron chi connectivity index (χ1n) is 12.9. The van der Waals surface area contributed by atoms with Crippen molar-refractivity contribution in [3.05, 3.63) is 65.1 Å². The number of nitrogens with zero attached hydrogens (tertiary/aromatic N) is 1. The molecule has 2 N–H and O–H groups in total. The van der Waals surface area contributed by atoms with Crippen molar-refractivity contribution in [1.29, 1.82) is 0 Å². The van der Waals surface area contributed by atoms with Crippen LogP contribution in [0.15, 0.2) is 42.6 Å². The second-order valence-corrected chi connectivity index (χ2v) is 10.6. The number of rotatable bonds is 3. The van der Waals surface area contributed by atoms with E-state index in [4.69, 9.17) is 4.74 Å². The van der Waals surface area contributed by atoms with E-state index in [1.165, 1.54) is 31.7 Å². The van der Waals surface area contributed by atoms with Crippen LogP contribution in [-0.2, 0) is 16.0 Å². The van der Waals surface area contributed by atoms with Gasteiger partial charge in [-0.1, -0.05) is 37.1 Å². The van der Waals surface area contributed by atoms with Gasteiger partial charge in [-0.25, -0.2) is 4.39 Å². The van der Waals surface area contributed by atoms with Gasteiger partial charge in [0.2, 0.25) is 0 Å². The first-order valence-corrected chi connectivity index (χ1v) is 12.9. The number of nitrogens with one attached hydrogen (secondary N) is 2. The number of aromatic nitrogens is 1. The predicted octanol–water partition coefficient (Wildman–Crippen LogP) is 4.80. The highest BCUT2D eigenvalue weighted by molar-refractivity contribution is 6.50. The number of hydrogen-bond donors (Lipinski definition) is 2. The number of amides is 2. The molecule has 2 aromatic carbocycles. The summed E-state index contributed by atoms with van der Waals surface area (Å²) in [6, 6.07) is 11.4. The molecule has 4 heterocycles. The van der Waals surface area contributed by atoms with Crippen molar-refractivity contribution in [2.75, 3.05) is 19.7 Å². The number of imide groups is 1. The minimum atomic E-state index is -0.580. The van der Waals surface area contributed by atoms with Crippen LogP contribution >= 0.6 is 12.4 Å². The Labute approximate surface area is 220 Å². The third kappa shape index (κ3) is 3.55. The SMILES string of the molecule is Cl.O=C1NC(=O)C(c2cn(C3CCNCC34CCCC4)c3ccccc23)=C1c1c(F)ccc2c1OCC2. The van der Waals surface area contributed by atoms with E-state index in [9.17, 15) is 9.59 Å². The van der Waals surface area contributed by atoms with Crippen LogP contribution in [0.5, 0.6) is 5.75 Å². The Bertz CT molecular complexity index is 1470. The molecule has 192 valence electrons. The van der Waals surface area contributed by atoms with E-state index in [-0.39, 0.29) is 34.5 Å². The van der Waals surface area contributed by atoms with Gasteiger partial charge < -0.3 is 14.6 Å². The van der Waals surface area contributed by atoms with Gasteiger partial charge in [0.05, 0.1) is 23.3 Å². The highest BCUT2D eigenvalue weighted by Gasteiger charge is 2.45. The molecule has 3 aromatic rings. The van der Waals surface area contributed by atoms with Crippen LogP contribution in [0.25, 0.3) is 22.0 Å². The maximum Gasteiger partial charge on any atom is 0.259 e. The highest BCUT2D eigenvalue weighted by atomic mass is 35.5. The number of fused-ring (bicyclic) bond motifs is 2. The predicted molar refractivity (Wildman–Crippen MR) is 142 cm³/mol. The lowest BCUT2D eigenvalue weighted by Crippen LogP contribution is -2.45. The van der Waals surface area contributed by atoms with Crippen molar-refractivity contribution in [1.82, 2.24) is 15.2 Å². The molecule has 7 rings (SSSR count). The molecule has 1 aliphatic carbocycles. The summed E-state index contributed by atoms with van der Waals surface area (Å²) in [5, 5.41) is 6.95. The zero-order chi connectivity index (χ0) is 24.4. The zero-order valence-electron chi connectivity index (χ0n) is 20.4. The molecule has 2 amide bonds. The van der Waals surface area contributed by atoms with E-state index in [1.54, 1.807) is 6.07 Å². The van der Waals surface area contributed by atoms with Gasteiger partial charge in [-0.05, 0) is 43.5 Å². The van der Waals surface area contributed by atoms with Crippen molar-refractivity contribution in [3.8, 4) is 5.75 Å². The number of piperidine rings is 1. The molecular weight excluding hydrogens is 493 g/mol. The summed E-state index contributed by atoms with van der Waals surface area (Å²) in [5.74, 6) is -1.25. The quantitative estimate of drug-likeness (QED) is 0.486. The topological polar surface area (TPSA) is 72.4 Å². The van der Waals surface area contributed by atoms with Crippen LogP contribution < -0.4 is 15.4 Å². The van der Waals surface area contributed by atoms with Crippen LogP contribution in [0.3, 0.4) is 0 Å². The smallest absolute Gasteiger partial charge is 0.259 e. The number of carbonyl (C=O) groups excluding carboxylic acids is 2. The Morgan fingerprint density at radius 3 is 2.65 bits per heavy atom. The van der Waals surface area contributed by atoms with E-state index in [2.05, 4.69) is 21.3 Å². The first-order chi connectivity index (χ1) is 17.6. The average molecular weight is 522 g/mol. The number of para-hydroxylation sites is 1. The molecule has 1 spiro atoms. The minimum absolute atomic E-state index is 0. The fourth-order valence-corrected chi connectivity index (χ4v) is 7.10. The second-order valence-electron chi connectivity index (χ2n) is 10.6. The summed E-state index contributed by atoms with van der Waals surface area (Å²) in [6.07, 6.45) is 8.51. The minimum Gasteiger partial charge on any atom is -0.492 e. The summed E-state index contributed by atoms with van der Waals surface area (Å²) >= 11 is 0. The van der Waals surface area contributed by atoms with E-state index in [1.807, 2.05) is 24.4 Å². The van der Waals surface area contributed by atoms with Gasteiger partial charge in [-0.2, -0.15) is 0 Å². The highest BCUT2D eigenvalue weighted by Crippen LogP contribution is 2.51. The van der Waals surface area contributed by atoms with Gasteiger partial charge in [0.1, 0.15) is 11.6 Å². The summed E-state index contributed by atoms with van der Waals surface area (Å²) in [7, 11) is 0. The number of benzene rings is 2. The normalized spacial score (nSPS) is 22.4. The standard InChI is InChI=1S/C29H28FN3O3.ClH/c30-20-8-7-17-10-14-36-26(17)24(20)25-23(27(34)32-28(25)35)19-15-33(21-6-2-1-5-18(19)21)22-9-13-31-16-29(22)11-3-4-12-29;/h1-2,5-8,15,22,31H,3-4,9-14,16H2,(H,32,34,35);1H. The van der Waals surface area contributed by atoms with E-state index < -0.39 is 17.6 Å². The number of halogens is 2. The number of ether oxygens (including phenoxy) is 1. The molecule has 3 aliphatic heterocycles. The van der Waals surface area contributed by atoms with Crippen molar-refractivity contribution in [2.24, 2.45) is 5.41 Å². The summed E-state index contributed by atoms with van der Waals surface area (Å²) in [4.78, 5) is 26.4. The molecular formula is C29H29ClFN3O3. The van der Waals surface area contributed by atoms with Crippen molar-refractivity contribution < 1.29 is 18.7 Å². The van der Waals surface area contributed by atoms with E-state index >= 15 is 4.39 Å². The molecule has 4 aliphatic rings. The molecule has 0 radical (unpaired) electrons. The van der Waals surface area contributed by atoms with E-state index in [0.29, 0.717) is 30.4 Å². The van der Waals surface area contributed by atoms with Crippen LogP contribution in [0.1, 0.15) is 54.8 Å². The molecule has 0 bridgehead atoms. The number of carbonyl (C=O) groups is 2. The molecule has 6 nitrogen and oxygen atoms in total. The van der Waals surface area contributed by atoms with Crippen LogP contribution in [0.2, 0.25) is 0 Å². The fourth-order valence-electron chi connectivity index (χ4n) is 7.10. The summed E-state index contributed by atoms with van der Waals surface area (Å²) < 4.78 is 23.4. The monoisotopic (exact) mass is 521 g/mol. The lowest BCUT2D eigenvalue weighted by atomic mass is 9.74. The lowest BCUT2D eigenvalue weighted by molar-refractivity contribution is -0.122. The lowest BCUT2D eigenvalue weighted by Gasteiger charge is -2.43. The van der Waals surface area contributed by atoms with Gasteiger partial charge in [0.15, 0.2) is 0 Å². The maximum absolute atomic E-state index is 15.3. The van der Waals surface area contributed by atoms with Gasteiger partial charge in [0, 0.05) is 47.1 Å². The summed E-state index contributed by atoms with van der Waals surface area (Å²) in [5.41, 5.74) is 3.14. The number of hydrogen-bond acceptors (Lipinski definition) is 4. The Hall–Kier alpha value is -3.16. The van der Waals surface area contributed by atoms with Crippen molar-refractivity contribution in [2.45, 2.75) is 44.6 Å². The molecule has 37 heavy (non-hydrogen) atoms. The van der Waals surface area contributed by atoms with Gasteiger partial charge in [-0.15, -0.1) is 12.4 Å². The molecule has 1 atom stereocenters. The van der Waals surface area contributed by atoms with Gasteiger partial charge in [0.25, 0.3) is 11.8 Å². The van der Waals surface area contributed by atoms with Crippen molar-refractivity contribution in [3.63, 3.8) is 0 Å². The second kappa shape index (κ2) is 8.99. The zero-order valence-corrected chi connectivity index (χ0v) is 21.3. The molecule has 1 saturated carbocycles.